The molecule has 0 amide bonds. The second-order valence-electron chi connectivity index (χ2n) is 14.8. The minimum absolute atomic E-state index is 1.16. The molecule has 2 nitrogen and oxygen atoms in total. The van der Waals surface area contributed by atoms with E-state index in [4.69, 9.17) is 0 Å². The van der Waals surface area contributed by atoms with Crippen molar-refractivity contribution in [1.29, 1.82) is 0 Å². The number of hydrogen-bond donors (Lipinski definition) is 0. The van der Waals surface area contributed by atoms with Crippen molar-refractivity contribution in [2.75, 3.05) is 0 Å². The first kappa shape index (κ1) is 33.2. The Morgan fingerprint density at radius 2 is 0.614 bits per heavy atom. The quantitative estimate of drug-likeness (QED) is 0.114. The Balaban J connectivity index is 1.19. The standard InChI is InChI=1S/C54H38N2Si/c1-5-20-39(21-6-1)55-49-34-15-13-30-47(49)53-45(32-18-36-51(53)55)46-33-19-37-52-54(46)48-31-14-16-35-50(48)56(52)40-22-17-29-44(38-40)57(41-23-7-2-8-24-41,42-25-9-3-10-26-42)43-27-11-4-12-28-43/h1-38H. The monoisotopic (exact) mass is 742 g/mol. The lowest BCUT2D eigenvalue weighted by atomic mass is 9.95. The molecule has 0 aliphatic rings. The molecule has 0 aliphatic heterocycles. The molecule has 2 aromatic heterocycles. The number of rotatable bonds is 7. The summed E-state index contributed by atoms with van der Waals surface area (Å²) in [5.41, 5.74) is 9.61. The Kier molecular flexibility index (Phi) is 7.87. The fourth-order valence-corrected chi connectivity index (χ4v) is 14.4. The number of benzene rings is 9. The van der Waals surface area contributed by atoms with E-state index in [1.807, 2.05) is 0 Å². The minimum Gasteiger partial charge on any atom is -0.309 e. The summed E-state index contributed by atoms with van der Waals surface area (Å²) in [5.74, 6) is 0. The topological polar surface area (TPSA) is 9.86 Å². The summed E-state index contributed by atoms with van der Waals surface area (Å²) >= 11 is 0. The van der Waals surface area contributed by atoms with E-state index >= 15 is 0 Å². The van der Waals surface area contributed by atoms with E-state index in [1.165, 1.54) is 75.5 Å². The van der Waals surface area contributed by atoms with E-state index in [1.54, 1.807) is 0 Å². The van der Waals surface area contributed by atoms with Crippen molar-refractivity contribution >= 4 is 72.4 Å². The molecular weight excluding hydrogens is 705 g/mol. The van der Waals surface area contributed by atoms with E-state index in [-0.39, 0.29) is 0 Å². The van der Waals surface area contributed by atoms with Gasteiger partial charge in [0.2, 0.25) is 0 Å². The van der Waals surface area contributed by atoms with Gasteiger partial charge in [-0.05, 0) is 80.4 Å². The summed E-state index contributed by atoms with van der Waals surface area (Å²) in [6.07, 6.45) is 0. The second kappa shape index (κ2) is 13.5. The number of nitrogens with zero attached hydrogens (tertiary/aromatic N) is 2. The Morgan fingerprint density at radius 1 is 0.263 bits per heavy atom. The van der Waals surface area contributed by atoms with Crippen LogP contribution in [0.3, 0.4) is 0 Å². The van der Waals surface area contributed by atoms with Gasteiger partial charge in [0.25, 0.3) is 0 Å². The third-order valence-electron chi connectivity index (χ3n) is 11.9. The van der Waals surface area contributed by atoms with Gasteiger partial charge in [0.15, 0.2) is 8.07 Å². The van der Waals surface area contributed by atoms with Crippen molar-refractivity contribution < 1.29 is 0 Å². The Morgan fingerprint density at radius 3 is 1.11 bits per heavy atom. The highest BCUT2D eigenvalue weighted by atomic mass is 28.3. The van der Waals surface area contributed by atoms with Crippen LogP contribution in [0.25, 0.3) is 66.1 Å². The van der Waals surface area contributed by atoms with Crippen LogP contribution in [0, 0.1) is 0 Å². The lowest BCUT2D eigenvalue weighted by molar-refractivity contribution is 1.18. The summed E-state index contributed by atoms with van der Waals surface area (Å²) < 4.78 is 4.90. The second-order valence-corrected chi connectivity index (χ2v) is 18.6. The fraction of sp³-hybridized carbons (Fsp3) is 0. The zero-order valence-electron chi connectivity index (χ0n) is 31.3. The highest BCUT2D eigenvalue weighted by Crippen LogP contribution is 2.43. The van der Waals surface area contributed by atoms with Gasteiger partial charge in [0.05, 0.1) is 22.1 Å². The van der Waals surface area contributed by atoms with Crippen molar-refractivity contribution in [2.24, 2.45) is 0 Å². The van der Waals surface area contributed by atoms with Crippen LogP contribution in [0.5, 0.6) is 0 Å². The van der Waals surface area contributed by atoms with E-state index in [9.17, 15) is 0 Å². The highest BCUT2D eigenvalue weighted by Gasteiger charge is 2.41. The van der Waals surface area contributed by atoms with Crippen LogP contribution in [0.15, 0.2) is 231 Å². The van der Waals surface area contributed by atoms with Gasteiger partial charge < -0.3 is 9.13 Å². The van der Waals surface area contributed by atoms with E-state index in [0.29, 0.717) is 0 Å². The Labute approximate surface area is 333 Å². The van der Waals surface area contributed by atoms with Gasteiger partial charge in [0.1, 0.15) is 0 Å². The van der Waals surface area contributed by atoms with Gasteiger partial charge >= 0.3 is 0 Å². The predicted molar refractivity (Wildman–Crippen MR) is 244 cm³/mol. The van der Waals surface area contributed by atoms with Gasteiger partial charge in [-0.3, -0.25) is 0 Å². The van der Waals surface area contributed by atoms with Crippen LogP contribution in [0.1, 0.15) is 0 Å². The first-order chi connectivity index (χ1) is 28.3. The van der Waals surface area contributed by atoms with Gasteiger partial charge in [-0.1, -0.05) is 182 Å². The summed E-state index contributed by atoms with van der Waals surface area (Å²) in [6.45, 7) is 0. The lowest BCUT2D eigenvalue weighted by Gasteiger charge is -2.34. The first-order valence-electron chi connectivity index (χ1n) is 19.7. The minimum atomic E-state index is -2.74. The number of hydrogen-bond acceptors (Lipinski definition) is 0. The fourth-order valence-electron chi connectivity index (χ4n) is 9.56. The summed E-state index contributed by atoms with van der Waals surface area (Å²) in [6, 6.07) is 85.1. The molecule has 0 atom stereocenters. The molecular formula is C54H38N2Si. The number of aromatic nitrogens is 2. The van der Waals surface area contributed by atoms with E-state index in [2.05, 4.69) is 240 Å². The molecule has 0 aliphatic carbocycles. The molecule has 0 fully saturated rings. The molecule has 57 heavy (non-hydrogen) atoms. The van der Waals surface area contributed by atoms with Crippen LogP contribution in [0.2, 0.25) is 0 Å². The van der Waals surface area contributed by atoms with E-state index in [0.717, 1.165) is 11.4 Å². The van der Waals surface area contributed by atoms with Crippen LogP contribution >= 0.6 is 0 Å². The lowest BCUT2D eigenvalue weighted by Crippen LogP contribution is -2.74. The van der Waals surface area contributed by atoms with Gasteiger partial charge in [0, 0.05) is 32.9 Å². The molecule has 2 heterocycles. The maximum Gasteiger partial charge on any atom is 0.179 e. The van der Waals surface area contributed by atoms with Crippen LogP contribution in [0.4, 0.5) is 0 Å². The Bertz CT molecular complexity index is 3120. The predicted octanol–water partition coefficient (Wildman–Crippen LogP) is 10.9. The maximum absolute atomic E-state index is 2.74. The number of para-hydroxylation sites is 3. The van der Waals surface area contributed by atoms with Crippen LogP contribution in [-0.2, 0) is 0 Å². The molecule has 0 N–H and O–H groups in total. The molecule has 0 saturated carbocycles. The summed E-state index contributed by atoms with van der Waals surface area (Å²) in [4.78, 5) is 0. The third-order valence-corrected chi connectivity index (χ3v) is 16.6. The van der Waals surface area contributed by atoms with Crippen molar-refractivity contribution in [3.05, 3.63) is 231 Å². The average molecular weight is 743 g/mol. The van der Waals surface area contributed by atoms with Gasteiger partial charge in [-0.25, -0.2) is 0 Å². The molecule has 0 bridgehead atoms. The number of fused-ring (bicyclic) bond motifs is 6. The Hall–Kier alpha value is -7.20. The molecule has 0 radical (unpaired) electrons. The van der Waals surface area contributed by atoms with Crippen LogP contribution in [-0.4, -0.2) is 17.2 Å². The smallest absolute Gasteiger partial charge is 0.179 e. The first-order valence-corrected chi connectivity index (χ1v) is 21.7. The normalized spacial score (nSPS) is 11.9. The van der Waals surface area contributed by atoms with E-state index < -0.39 is 8.07 Å². The molecule has 11 rings (SSSR count). The van der Waals surface area contributed by atoms with Crippen molar-refractivity contribution in [3.8, 4) is 22.5 Å². The third kappa shape index (κ3) is 5.10. The molecule has 3 heteroatoms. The average Bonchev–Trinajstić information content (AvgIpc) is 3.82. The summed E-state index contributed by atoms with van der Waals surface area (Å²) in [5, 5.41) is 10.5. The van der Waals surface area contributed by atoms with Crippen LogP contribution < -0.4 is 20.7 Å². The molecule has 268 valence electrons. The SMILES string of the molecule is c1ccc(-n2c3ccccc3c3c(-c4cccc5c4c4ccccc4n5-c4cccc([Si](c5ccccc5)(c5ccccc5)c5ccccc5)c4)cccc32)cc1. The maximum atomic E-state index is 2.49. The van der Waals surface area contributed by atoms with Crippen molar-refractivity contribution in [1.82, 2.24) is 9.13 Å². The molecule has 0 unspecified atom stereocenters. The van der Waals surface area contributed by atoms with Gasteiger partial charge in [-0.2, -0.15) is 0 Å². The van der Waals surface area contributed by atoms with Crippen molar-refractivity contribution in [3.63, 3.8) is 0 Å². The molecule has 0 saturated heterocycles. The zero-order valence-corrected chi connectivity index (χ0v) is 32.3. The molecule has 0 spiro atoms. The molecule has 11 aromatic rings. The molecule has 9 aromatic carbocycles. The van der Waals surface area contributed by atoms with Crippen molar-refractivity contribution in [2.45, 2.75) is 0 Å². The zero-order chi connectivity index (χ0) is 37.8. The van der Waals surface area contributed by atoms with Gasteiger partial charge in [-0.15, -0.1) is 0 Å². The summed E-state index contributed by atoms with van der Waals surface area (Å²) in [7, 11) is -2.74. The largest absolute Gasteiger partial charge is 0.309 e. The highest BCUT2D eigenvalue weighted by molar-refractivity contribution is 7.19.